The largest absolute Gasteiger partial charge is 0.390 e. The van der Waals surface area contributed by atoms with Gasteiger partial charge in [-0.3, -0.25) is 0 Å². The standard InChI is InChI=1S/C10H13NOS/c1-2-8(12)10-11-7-5-3-4-6-9(7)13-10/h3-6,8,10-12H,2H2,1H3. The summed E-state index contributed by atoms with van der Waals surface area (Å²) in [4.78, 5) is 1.24. The number of aliphatic hydroxyl groups excluding tert-OH is 1. The number of nitrogens with one attached hydrogen (secondary N) is 1. The van der Waals surface area contributed by atoms with Crippen LogP contribution < -0.4 is 5.32 Å². The Bertz CT molecular complexity index is 278. The van der Waals surface area contributed by atoms with Gasteiger partial charge in [0.25, 0.3) is 0 Å². The summed E-state index contributed by atoms with van der Waals surface area (Å²) in [5.74, 6) is 0. The van der Waals surface area contributed by atoms with E-state index in [4.69, 9.17) is 0 Å². The van der Waals surface area contributed by atoms with Crippen molar-refractivity contribution in [2.45, 2.75) is 29.7 Å². The molecule has 1 aromatic carbocycles. The smallest absolute Gasteiger partial charge is 0.103 e. The van der Waals surface area contributed by atoms with Crippen LogP contribution in [-0.2, 0) is 0 Å². The molecule has 0 fully saturated rings. The van der Waals surface area contributed by atoms with Crippen LogP contribution in [0.25, 0.3) is 0 Å². The van der Waals surface area contributed by atoms with Crippen molar-refractivity contribution in [1.29, 1.82) is 0 Å². The van der Waals surface area contributed by atoms with Crippen LogP contribution in [0, 0.1) is 0 Å². The van der Waals surface area contributed by atoms with Crippen LogP contribution in [0.5, 0.6) is 0 Å². The van der Waals surface area contributed by atoms with E-state index in [-0.39, 0.29) is 11.5 Å². The maximum atomic E-state index is 9.65. The second-order valence-electron chi connectivity index (χ2n) is 3.15. The molecule has 0 saturated heterocycles. The van der Waals surface area contributed by atoms with E-state index in [0.29, 0.717) is 0 Å². The number of hydrogen-bond acceptors (Lipinski definition) is 3. The molecule has 70 valence electrons. The minimum Gasteiger partial charge on any atom is -0.390 e. The van der Waals surface area contributed by atoms with Crippen LogP contribution in [0.2, 0.25) is 0 Å². The van der Waals surface area contributed by atoms with Crippen molar-refractivity contribution >= 4 is 17.4 Å². The molecule has 2 N–H and O–H groups in total. The number of benzene rings is 1. The molecule has 0 aliphatic carbocycles. The number of thioether (sulfide) groups is 1. The topological polar surface area (TPSA) is 32.3 Å². The second kappa shape index (κ2) is 3.60. The Morgan fingerprint density at radius 2 is 2.31 bits per heavy atom. The van der Waals surface area contributed by atoms with Crippen LogP contribution in [-0.4, -0.2) is 16.6 Å². The van der Waals surface area contributed by atoms with Crippen LogP contribution in [0.4, 0.5) is 5.69 Å². The highest BCUT2D eigenvalue weighted by Crippen LogP contribution is 2.39. The molecule has 2 nitrogen and oxygen atoms in total. The van der Waals surface area contributed by atoms with Gasteiger partial charge in [-0.1, -0.05) is 30.8 Å². The van der Waals surface area contributed by atoms with Gasteiger partial charge in [-0.25, -0.2) is 0 Å². The van der Waals surface area contributed by atoms with Gasteiger partial charge in [0.2, 0.25) is 0 Å². The van der Waals surface area contributed by atoms with Crippen molar-refractivity contribution in [3.8, 4) is 0 Å². The summed E-state index contributed by atoms with van der Waals surface area (Å²) >= 11 is 1.71. The van der Waals surface area contributed by atoms with E-state index in [2.05, 4.69) is 11.4 Å². The van der Waals surface area contributed by atoms with Crippen molar-refractivity contribution < 1.29 is 5.11 Å². The molecule has 2 atom stereocenters. The van der Waals surface area contributed by atoms with Crippen LogP contribution in [0.15, 0.2) is 29.2 Å². The molecule has 1 heterocycles. The number of para-hydroxylation sites is 1. The molecule has 0 amide bonds. The third-order valence-corrected chi connectivity index (χ3v) is 3.50. The van der Waals surface area contributed by atoms with E-state index in [0.717, 1.165) is 12.1 Å². The Morgan fingerprint density at radius 1 is 1.54 bits per heavy atom. The number of fused-ring (bicyclic) bond motifs is 1. The number of aliphatic hydroxyl groups is 1. The molecule has 0 saturated carbocycles. The van der Waals surface area contributed by atoms with Crippen molar-refractivity contribution in [2.75, 3.05) is 5.32 Å². The number of anilines is 1. The zero-order valence-corrected chi connectivity index (χ0v) is 8.34. The van der Waals surface area contributed by atoms with E-state index in [1.165, 1.54) is 4.90 Å². The third-order valence-electron chi connectivity index (χ3n) is 2.21. The predicted octanol–water partition coefficient (Wildman–Crippen LogP) is 2.30. The van der Waals surface area contributed by atoms with Crippen molar-refractivity contribution in [1.82, 2.24) is 0 Å². The highest BCUT2D eigenvalue weighted by atomic mass is 32.2. The van der Waals surface area contributed by atoms with Gasteiger partial charge in [-0.15, -0.1) is 0 Å². The van der Waals surface area contributed by atoms with Gasteiger partial charge in [-0.2, -0.15) is 0 Å². The molecule has 1 aromatic rings. The summed E-state index contributed by atoms with van der Waals surface area (Å²) in [6.07, 6.45) is 0.524. The Kier molecular flexibility index (Phi) is 2.47. The fourth-order valence-corrected chi connectivity index (χ4v) is 2.62. The molecule has 2 unspecified atom stereocenters. The second-order valence-corrected chi connectivity index (χ2v) is 4.34. The van der Waals surface area contributed by atoms with Crippen LogP contribution in [0.3, 0.4) is 0 Å². The molecule has 1 aliphatic heterocycles. The van der Waals surface area contributed by atoms with Gasteiger partial charge < -0.3 is 10.4 Å². The molecular formula is C10H13NOS. The average molecular weight is 195 g/mol. The molecule has 0 radical (unpaired) electrons. The van der Waals surface area contributed by atoms with Gasteiger partial charge in [0, 0.05) is 10.6 Å². The summed E-state index contributed by atoms with van der Waals surface area (Å²) in [5.41, 5.74) is 1.14. The number of hydrogen-bond donors (Lipinski definition) is 2. The van der Waals surface area contributed by atoms with E-state index in [1.54, 1.807) is 11.8 Å². The quantitative estimate of drug-likeness (QED) is 0.759. The first kappa shape index (κ1) is 8.91. The minimum atomic E-state index is -0.266. The Hall–Kier alpha value is -0.670. The maximum Gasteiger partial charge on any atom is 0.103 e. The molecule has 0 aromatic heterocycles. The van der Waals surface area contributed by atoms with Gasteiger partial charge in [0.05, 0.1) is 6.10 Å². The molecule has 3 heteroatoms. The van der Waals surface area contributed by atoms with Crippen molar-refractivity contribution in [2.24, 2.45) is 0 Å². The summed E-state index contributed by atoms with van der Waals surface area (Å²) < 4.78 is 0. The highest BCUT2D eigenvalue weighted by molar-refractivity contribution is 8.00. The van der Waals surface area contributed by atoms with Crippen LogP contribution in [0.1, 0.15) is 13.3 Å². The molecular weight excluding hydrogens is 182 g/mol. The lowest BCUT2D eigenvalue weighted by Crippen LogP contribution is -2.26. The Balaban J connectivity index is 2.14. The fraction of sp³-hybridized carbons (Fsp3) is 0.400. The van der Waals surface area contributed by atoms with Gasteiger partial charge in [-0.05, 0) is 18.6 Å². The lowest BCUT2D eigenvalue weighted by molar-refractivity contribution is 0.174. The lowest BCUT2D eigenvalue weighted by atomic mass is 10.2. The van der Waals surface area contributed by atoms with E-state index >= 15 is 0 Å². The molecule has 1 aliphatic rings. The summed E-state index contributed by atoms with van der Waals surface area (Å²) in [6.45, 7) is 2.00. The average Bonchev–Trinajstić information content (AvgIpc) is 2.59. The Morgan fingerprint density at radius 3 is 3.00 bits per heavy atom. The van der Waals surface area contributed by atoms with Crippen molar-refractivity contribution in [3.05, 3.63) is 24.3 Å². The molecule has 2 rings (SSSR count). The van der Waals surface area contributed by atoms with Gasteiger partial charge in [0.1, 0.15) is 5.37 Å². The maximum absolute atomic E-state index is 9.65. The zero-order chi connectivity index (χ0) is 9.26. The molecule has 0 spiro atoms. The minimum absolute atomic E-state index is 0.127. The number of rotatable bonds is 2. The highest BCUT2D eigenvalue weighted by Gasteiger charge is 2.25. The van der Waals surface area contributed by atoms with Crippen LogP contribution >= 0.6 is 11.8 Å². The van der Waals surface area contributed by atoms with E-state index in [1.807, 2.05) is 25.1 Å². The first-order valence-corrected chi connectivity index (χ1v) is 5.39. The zero-order valence-electron chi connectivity index (χ0n) is 7.53. The fourth-order valence-electron chi connectivity index (χ4n) is 1.40. The monoisotopic (exact) mass is 195 g/mol. The summed E-state index contributed by atoms with van der Waals surface area (Å²) in [6, 6.07) is 8.15. The Labute approximate surface area is 82.4 Å². The summed E-state index contributed by atoms with van der Waals surface area (Å²) in [7, 11) is 0. The molecule has 0 bridgehead atoms. The van der Waals surface area contributed by atoms with Gasteiger partial charge >= 0.3 is 0 Å². The summed E-state index contributed by atoms with van der Waals surface area (Å²) in [5, 5.41) is 13.1. The normalized spacial score (nSPS) is 22.2. The first-order valence-electron chi connectivity index (χ1n) is 4.51. The first-order chi connectivity index (χ1) is 6.31. The molecule has 13 heavy (non-hydrogen) atoms. The van der Waals surface area contributed by atoms with E-state index < -0.39 is 0 Å². The van der Waals surface area contributed by atoms with E-state index in [9.17, 15) is 5.11 Å². The SMILES string of the molecule is CCC(O)C1Nc2ccccc2S1. The van der Waals surface area contributed by atoms with Crippen molar-refractivity contribution in [3.63, 3.8) is 0 Å². The lowest BCUT2D eigenvalue weighted by Gasteiger charge is -2.15. The third kappa shape index (κ3) is 1.67. The predicted molar refractivity (Wildman–Crippen MR) is 56.0 cm³/mol. The van der Waals surface area contributed by atoms with Gasteiger partial charge in [0.15, 0.2) is 0 Å².